The Labute approximate surface area is 196 Å². The molecular formula is C28H32N4O. The van der Waals surface area contributed by atoms with Crippen LogP contribution in [0.2, 0.25) is 0 Å². The molecule has 0 radical (unpaired) electrons. The molecule has 3 aromatic carbocycles. The Morgan fingerprint density at radius 3 is 1.45 bits per heavy atom. The van der Waals surface area contributed by atoms with Gasteiger partial charge in [0.05, 0.1) is 22.7 Å². The third-order valence-corrected chi connectivity index (χ3v) is 5.36. The SMILES string of the molecule is CCCCCC(=O)c1ccc(N=Nc2ccc(N=Nc3ccc(CCCC)cc3)cc2)cc1. The van der Waals surface area contributed by atoms with Crippen molar-refractivity contribution in [2.24, 2.45) is 20.5 Å². The Kier molecular flexibility index (Phi) is 9.64. The molecule has 0 saturated heterocycles. The number of hydrogen-bond donors (Lipinski definition) is 0. The van der Waals surface area contributed by atoms with Gasteiger partial charge >= 0.3 is 0 Å². The van der Waals surface area contributed by atoms with Crippen molar-refractivity contribution >= 4 is 28.5 Å². The summed E-state index contributed by atoms with van der Waals surface area (Å²) in [5, 5.41) is 17.1. The lowest BCUT2D eigenvalue weighted by molar-refractivity contribution is 0.0979. The van der Waals surface area contributed by atoms with E-state index in [1.807, 2.05) is 60.7 Å². The monoisotopic (exact) mass is 440 g/mol. The molecule has 3 rings (SSSR count). The smallest absolute Gasteiger partial charge is 0.162 e. The van der Waals surface area contributed by atoms with E-state index in [0.717, 1.165) is 48.3 Å². The van der Waals surface area contributed by atoms with Crippen molar-refractivity contribution in [2.45, 2.75) is 58.8 Å². The van der Waals surface area contributed by atoms with Crippen LogP contribution in [-0.4, -0.2) is 5.78 Å². The Hall–Kier alpha value is -3.47. The minimum Gasteiger partial charge on any atom is -0.294 e. The zero-order valence-electron chi connectivity index (χ0n) is 19.6. The number of aryl methyl sites for hydroxylation is 1. The number of carbonyl (C=O) groups is 1. The van der Waals surface area contributed by atoms with E-state index in [-0.39, 0.29) is 5.78 Å². The third-order valence-electron chi connectivity index (χ3n) is 5.36. The highest BCUT2D eigenvalue weighted by Crippen LogP contribution is 2.24. The first-order chi connectivity index (χ1) is 16.2. The highest BCUT2D eigenvalue weighted by atomic mass is 16.1. The van der Waals surface area contributed by atoms with E-state index in [9.17, 15) is 4.79 Å². The fourth-order valence-corrected chi connectivity index (χ4v) is 3.32. The molecule has 170 valence electrons. The average Bonchev–Trinajstić information content (AvgIpc) is 2.86. The van der Waals surface area contributed by atoms with E-state index >= 15 is 0 Å². The summed E-state index contributed by atoms with van der Waals surface area (Å²) in [6.07, 6.45) is 7.25. The zero-order chi connectivity index (χ0) is 23.3. The highest BCUT2D eigenvalue weighted by molar-refractivity contribution is 5.96. The molecule has 0 N–H and O–H groups in total. The first-order valence-corrected chi connectivity index (χ1v) is 11.8. The number of carbonyl (C=O) groups excluding carboxylic acids is 1. The maximum atomic E-state index is 12.2. The van der Waals surface area contributed by atoms with Gasteiger partial charge in [-0.1, -0.05) is 45.2 Å². The van der Waals surface area contributed by atoms with Crippen molar-refractivity contribution < 1.29 is 4.79 Å². The van der Waals surface area contributed by atoms with Crippen molar-refractivity contribution in [1.82, 2.24) is 0 Å². The summed E-state index contributed by atoms with van der Waals surface area (Å²) in [4.78, 5) is 12.2. The minimum atomic E-state index is 0.184. The number of benzene rings is 3. The van der Waals surface area contributed by atoms with Gasteiger partial charge in [0.2, 0.25) is 0 Å². The Morgan fingerprint density at radius 2 is 1.00 bits per heavy atom. The molecule has 0 aromatic heterocycles. The molecule has 0 spiro atoms. The van der Waals surface area contributed by atoms with Crippen LogP contribution in [0.3, 0.4) is 0 Å². The summed E-state index contributed by atoms with van der Waals surface area (Å²) in [5.41, 5.74) is 5.11. The fourth-order valence-electron chi connectivity index (χ4n) is 3.32. The topological polar surface area (TPSA) is 66.5 Å². The summed E-state index contributed by atoms with van der Waals surface area (Å²) < 4.78 is 0. The predicted octanol–water partition coefficient (Wildman–Crippen LogP) is 9.62. The maximum Gasteiger partial charge on any atom is 0.162 e. The lowest BCUT2D eigenvalue weighted by Gasteiger charge is -2.01. The van der Waals surface area contributed by atoms with Crippen molar-refractivity contribution in [1.29, 1.82) is 0 Å². The molecule has 0 unspecified atom stereocenters. The second-order valence-corrected chi connectivity index (χ2v) is 8.11. The Bertz CT molecular complexity index is 1050. The summed E-state index contributed by atoms with van der Waals surface area (Å²) in [5.74, 6) is 0.184. The number of nitrogens with zero attached hydrogens (tertiary/aromatic N) is 4. The molecule has 0 saturated carbocycles. The van der Waals surface area contributed by atoms with Crippen LogP contribution >= 0.6 is 0 Å². The molecule has 3 aromatic rings. The molecule has 0 bridgehead atoms. The van der Waals surface area contributed by atoms with Crippen molar-refractivity contribution in [3.63, 3.8) is 0 Å². The quantitative estimate of drug-likeness (QED) is 0.157. The molecule has 0 fully saturated rings. The number of unbranched alkanes of at least 4 members (excludes halogenated alkanes) is 3. The molecule has 0 aliphatic heterocycles. The van der Waals surface area contributed by atoms with Gasteiger partial charge in [-0.25, -0.2) is 0 Å². The van der Waals surface area contributed by atoms with Crippen molar-refractivity contribution in [3.8, 4) is 0 Å². The van der Waals surface area contributed by atoms with Crippen LogP contribution in [0.4, 0.5) is 22.7 Å². The van der Waals surface area contributed by atoms with Gasteiger partial charge in [0.25, 0.3) is 0 Å². The minimum absolute atomic E-state index is 0.184. The standard InChI is InChI=1S/C28H32N4O/c1-3-5-7-9-28(33)23-12-16-25(17-13-23)30-32-27-20-18-26(19-21-27)31-29-24-14-10-22(11-15-24)8-6-4-2/h10-21H,3-9H2,1-2H3. The van der Waals surface area contributed by atoms with Gasteiger partial charge in [0, 0.05) is 12.0 Å². The number of rotatable bonds is 12. The van der Waals surface area contributed by atoms with Gasteiger partial charge < -0.3 is 0 Å². The number of azo groups is 2. The van der Waals surface area contributed by atoms with Gasteiger partial charge in [-0.05, 0) is 85.5 Å². The summed E-state index contributed by atoms with van der Waals surface area (Å²) in [7, 11) is 0. The second-order valence-electron chi connectivity index (χ2n) is 8.11. The summed E-state index contributed by atoms with van der Waals surface area (Å²) in [6.45, 7) is 4.34. The molecule has 0 atom stereocenters. The second kappa shape index (κ2) is 13.2. The molecule has 5 heteroatoms. The fraction of sp³-hybridized carbons (Fsp3) is 0.321. The van der Waals surface area contributed by atoms with Crippen LogP contribution in [0, 0.1) is 0 Å². The third kappa shape index (κ3) is 8.19. The van der Waals surface area contributed by atoms with Gasteiger partial charge in [-0.15, -0.1) is 0 Å². The molecule has 0 amide bonds. The van der Waals surface area contributed by atoms with Crippen molar-refractivity contribution in [3.05, 3.63) is 83.9 Å². The zero-order valence-corrected chi connectivity index (χ0v) is 19.6. The van der Waals surface area contributed by atoms with Crippen molar-refractivity contribution in [2.75, 3.05) is 0 Å². The van der Waals surface area contributed by atoms with E-state index in [4.69, 9.17) is 0 Å². The van der Waals surface area contributed by atoms with E-state index in [2.05, 4.69) is 46.4 Å². The normalized spacial score (nSPS) is 11.5. The number of hydrogen-bond acceptors (Lipinski definition) is 5. The van der Waals surface area contributed by atoms with Gasteiger partial charge in [-0.3, -0.25) is 4.79 Å². The van der Waals surface area contributed by atoms with Crippen LogP contribution < -0.4 is 0 Å². The van der Waals surface area contributed by atoms with E-state index < -0.39 is 0 Å². The van der Waals surface area contributed by atoms with E-state index in [0.29, 0.717) is 12.1 Å². The highest BCUT2D eigenvalue weighted by Gasteiger charge is 2.05. The Morgan fingerprint density at radius 1 is 0.576 bits per heavy atom. The summed E-state index contributed by atoms with van der Waals surface area (Å²) in [6, 6.07) is 23.0. The number of Topliss-reactive ketones (excluding diaryl/α,β-unsaturated/α-hetero) is 1. The molecule has 0 aliphatic rings. The van der Waals surface area contributed by atoms with Crippen LogP contribution in [0.25, 0.3) is 0 Å². The first-order valence-electron chi connectivity index (χ1n) is 11.8. The molecule has 0 aliphatic carbocycles. The molecule has 33 heavy (non-hydrogen) atoms. The molecule has 5 nitrogen and oxygen atoms in total. The Balaban J connectivity index is 1.53. The van der Waals surface area contributed by atoms with Crippen LogP contribution in [-0.2, 0) is 6.42 Å². The molecular weight excluding hydrogens is 408 g/mol. The first kappa shape index (κ1) is 24.2. The lowest BCUT2D eigenvalue weighted by Crippen LogP contribution is -1.97. The van der Waals surface area contributed by atoms with Crippen LogP contribution in [0.15, 0.2) is 93.3 Å². The van der Waals surface area contributed by atoms with Crippen LogP contribution in [0.1, 0.15) is 68.3 Å². The largest absolute Gasteiger partial charge is 0.294 e. The van der Waals surface area contributed by atoms with Gasteiger partial charge in [-0.2, -0.15) is 20.5 Å². The lowest BCUT2D eigenvalue weighted by atomic mass is 10.0. The van der Waals surface area contributed by atoms with Gasteiger partial charge in [0.15, 0.2) is 5.78 Å². The maximum absolute atomic E-state index is 12.2. The van der Waals surface area contributed by atoms with Crippen LogP contribution in [0.5, 0.6) is 0 Å². The average molecular weight is 441 g/mol. The number of ketones is 1. The van der Waals surface area contributed by atoms with E-state index in [1.165, 1.54) is 18.4 Å². The van der Waals surface area contributed by atoms with E-state index in [1.54, 1.807) is 0 Å². The molecule has 0 heterocycles. The predicted molar refractivity (Wildman–Crippen MR) is 135 cm³/mol. The summed E-state index contributed by atoms with van der Waals surface area (Å²) >= 11 is 0. The van der Waals surface area contributed by atoms with Gasteiger partial charge in [0.1, 0.15) is 0 Å².